The van der Waals surface area contributed by atoms with Gasteiger partial charge in [-0.15, -0.1) is 4.91 Å². The molecule has 374 valence electrons. The van der Waals surface area contributed by atoms with Crippen molar-refractivity contribution in [2.75, 3.05) is 78.0 Å². The van der Waals surface area contributed by atoms with Gasteiger partial charge in [-0.05, 0) is 141 Å². The van der Waals surface area contributed by atoms with E-state index in [4.69, 9.17) is 50.3 Å². The molecule has 22 nitrogen and oxygen atoms in total. The summed E-state index contributed by atoms with van der Waals surface area (Å²) >= 11 is 0. The molecule has 2 amide bonds. The Hall–Kier alpha value is -4.35. The molecule has 0 saturated carbocycles. The molecule has 1 aliphatic carbocycles. The van der Waals surface area contributed by atoms with Crippen LogP contribution < -0.4 is 16.1 Å². The van der Waals surface area contributed by atoms with Crippen LogP contribution in [0.2, 0.25) is 24.7 Å². The molecule has 0 fully saturated rings. The smallest absolute Gasteiger partial charge is 0.395 e. The molecule has 0 aliphatic heterocycles. The molecule has 0 atom stereocenters. The van der Waals surface area contributed by atoms with Crippen LogP contribution in [0.3, 0.4) is 0 Å². The maximum Gasteiger partial charge on any atom is 0.500 e. The predicted octanol–water partition coefficient (Wildman–Crippen LogP) is 7.90. The van der Waals surface area contributed by atoms with E-state index >= 15 is 0 Å². The molecule has 1 aromatic rings. The van der Waals surface area contributed by atoms with Crippen LogP contribution in [0.4, 0.5) is 21.0 Å². The van der Waals surface area contributed by atoms with E-state index < -0.39 is 38.4 Å². The maximum atomic E-state index is 12.0. The predicted molar refractivity (Wildman–Crippen MR) is 257 cm³/mol. The number of hydrogen-bond acceptors (Lipinski definition) is 20. The number of nitroso groups, excluding NO2 is 1. The van der Waals surface area contributed by atoms with Crippen LogP contribution in [0, 0.1) is 4.91 Å². The van der Waals surface area contributed by atoms with Crippen molar-refractivity contribution in [3.8, 4) is 0 Å². The Morgan fingerprint density at radius 1 is 0.591 bits per heavy atom. The molecule has 66 heavy (non-hydrogen) atoms. The number of oxime groups is 2. The lowest BCUT2D eigenvalue weighted by Crippen LogP contribution is -2.46. The number of aliphatic imine (C=N–C) groups is 1. The van der Waals surface area contributed by atoms with Crippen molar-refractivity contribution in [2.24, 2.45) is 20.5 Å². The van der Waals surface area contributed by atoms with Gasteiger partial charge >= 0.3 is 38.4 Å². The summed E-state index contributed by atoms with van der Waals surface area (Å²) in [6.07, 6.45) is 8.52. The lowest BCUT2D eigenvalue weighted by molar-refractivity contribution is 0.0700. The van der Waals surface area contributed by atoms with E-state index in [0.29, 0.717) is 120 Å². The van der Waals surface area contributed by atoms with Gasteiger partial charge < -0.3 is 46.0 Å². The zero-order valence-corrected chi connectivity index (χ0v) is 43.1. The number of carbonyl (C=O) groups is 2. The van der Waals surface area contributed by atoms with E-state index in [2.05, 4.69) is 31.1 Å². The maximum absolute atomic E-state index is 12.0. The van der Waals surface area contributed by atoms with Gasteiger partial charge in [0.15, 0.2) is 0 Å². The number of nitrogens with one attached hydrogen (secondary N) is 3. The fourth-order valence-electron chi connectivity index (χ4n) is 5.74. The Labute approximate surface area is 392 Å². The van der Waals surface area contributed by atoms with Gasteiger partial charge in [0, 0.05) is 78.0 Å². The average Bonchev–Trinajstić information content (AvgIpc) is 3.31. The number of hydrogen-bond donors (Lipinski definition) is 4. The van der Waals surface area contributed by atoms with Crippen LogP contribution in [0.15, 0.2) is 69.1 Å². The number of allylic oxidation sites excluding steroid dienone is 4. The van der Waals surface area contributed by atoms with Crippen LogP contribution >= 0.6 is 0 Å². The van der Waals surface area contributed by atoms with Crippen molar-refractivity contribution in [1.29, 1.82) is 0 Å². The number of carbonyl (C=O) groups excluding carboxylic acids is 3. The molecule has 0 spiro atoms. The molecule has 0 bridgehead atoms. The van der Waals surface area contributed by atoms with Crippen LogP contribution in [0.1, 0.15) is 74.7 Å². The normalized spacial score (nSPS) is 12.1. The van der Waals surface area contributed by atoms with Gasteiger partial charge in [0.05, 0.1) is 12.2 Å². The Bertz CT molecular complexity index is 1600. The van der Waals surface area contributed by atoms with Gasteiger partial charge in [-0.2, -0.15) is 0 Å². The molecule has 0 unspecified atom stereocenters. The monoisotopic (exact) mass is 987 g/mol. The van der Waals surface area contributed by atoms with Crippen LogP contribution in [-0.2, 0) is 49.9 Å². The largest absolute Gasteiger partial charge is 0.500 e. The highest BCUT2D eigenvalue weighted by Gasteiger charge is 2.40. The highest BCUT2D eigenvalue weighted by Crippen LogP contribution is 2.20. The van der Waals surface area contributed by atoms with E-state index in [1.54, 1.807) is 36.4 Å². The molecule has 1 aliphatic rings. The van der Waals surface area contributed by atoms with Crippen molar-refractivity contribution in [2.45, 2.75) is 99.3 Å². The first-order valence-corrected chi connectivity index (χ1v) is 28.6. The number of amides is 2. The second kappa shape index (κ2) is 38.7. The second-order valence-corrected chi connectivity index (χ2v) is 22.1. The molecule has 25 heteroatoms. The fourth-order valence-corrected chi connectivity index (χ4v) is 13.4. The third kappa shape index (κ3) is 28.6. The highest BCUT2D eigenvalue weighted by molar-refractivity contribution is 6.66. The molecule has 2 rings (SSSR count). The first kappa shape index (κ1) is 61.7. The van der Waals surface area contributed by atoms with Crippen molar-refractivity contribution in [3.05, 3.63) is 53.5 Å². The summed E-state index contributed by atoms with van der Waals surface area (Å²) in [7, 11) is -7.49. The second-order valence-electron chi connectivity index (χ2n) is 13.3. The Morgan fingerprint density at radius 2 is 0.970 bits per heavy atom. The van der Waals surface area contributed by atoms with Gasteiger partial charge in [0.25, 0.3) is 0 Å². The summed E-state index contributed by atoms with van der Waals surface area (Å²) in [6.45, 7) is 23.0. The summed E-state index contributed by atoms with van der Waals surface area (Å²) < 4.78 is 45.9. The SMILES string of the molecule is CCO[Si](C)(CCCNC(=O)ON=C1C=CC(=NOC(=O)NCCC[Si](OCC)(OCC)OCC)C=C1)OCC.CCO[Si](CCCN=C=O)(OCC)OCC.O=Nc1ccc(NO)cc1. The Morgan fingerprint density at radius 3 is 1.32 bits per heavy atom. The van der Waals surface area contributed by atoms with E-state index in [1.807, 2.05) is 67.4 Å². The quantitative estimate of drug-likeness (QED) is 0.00781. The molecule has 0 aromatic heterocycles. The van der Waals surface area contributed by atoms with Crippen LogP contribution in [0.25, 0.3) is 0 Å². The van der Waals surface area contributed by atoms with Gasteiger partial charge in [0.1, 0.15) is 17.1 Å². The number of anilines is 1. The zero-order valence-electron chi connectivity index (χ0n) is 40.1. The van der Waals surface area contributed by atoms with Gasteiger partial charge in [-0.3, -0.25) is 20.4 Å². The molecular weight excluding hydrogens is 915 g/mol. The average molecular weight is 988 g/mol. The first-order chi connectivity index (χ1) is 31.9. The number of benzene rings is 1. The molecular formula is C41H73N7O15Si3. The Balaban J connectivity index is 0.00000131. The lowest BCUT2D eigenvalue weighted by atomic mass is 10.1. The molecule has 0 saturated heterocycles. The van der Waals surface area contributed by atoms with Crippen molar-refractivity contribution >= 4 is 67.2 Å². The minimum atomic E-state index is -2.75. The number of nitrogens with zero attached hydrogens (tertiary/aromatic N) is 4. The van der Waals surface area contributed by atoms with E-state index in [9.17, 15) is 19.3 Å². The topological polar surface area (TPSA) is 266 Å². The third-order valence-electron chi connectivity index (χ3n) is 8.33. The zero-order chi connectivity index (χ0) is 49.4. The van der Waals surface area contributed by atoms with Crippen molar-refractivity contribution in [1.82, 2.24) is 10.6 Å². The fraction of sp³-hybridized carbons (Fsp3) is 0.634. The van der Waals surface area contributed by atoms with Crippen LogP contribution in [-0.4, -0.2) is 134 Å². The minimum Gasteiger partial charge on any atom is -0.395 e. The summed E-state index contributed by atoms with van der Waals surface area (Å²) in [5.41, 5.74) is 3.61. The van der Waals surface area contributed by atoms with Gasteiger partial charge in [0.2, 0.25) is 6.08 Å². The van der Waals surface area contributed by atoms with E-state index in [1.165, 1.54) is 18.2 Å². The van der Waals surface area contributed by atoms with Gasteiger partial charge in [-0.25, -0.2) is 19.4 Å². The van der Waals surface area contributed by atoms with Crippen molar-refractivity contribution in [3.63, 3.8) is 0 Å². The summed E-state index contributed by atoms with van der Waals surface area (Å²) in [5.74, 6) is 0. The van der Waals surface area contributed by atoms with Crippen molar-refractivity contribution < 1.29 is 64.7 Å². The number of isocyanates is 1. The van der Waals surface area contributed by atoms with Crippen LogP contribution in [0.5, 0.6) is 0 Å². The lowest BCUT2D eigenvalue weighted by Gasteiger charge is -2.28. The third-order valence-corrected chi connectivity index (χ3v) is 17.7. The summed E-state index contributed by atoms with van der Waals surface area (Å²) in [4.78, 5) is 57.0. The highest BCUT2D eigenvalue weighted by atomic mass is 28.4. The van der Waals surface area contributed by atoms with E-state index in [-0.39, 0.29) is 0 Å². The minimum absolute atomic E-state index is 0.346. The van der Waals surface area contributed by atoms with Gasteiger partial charge in [-0.1, -0.05) is 10.3 Å². The summed E-state index contributed by atoms with van der Waals surface area (Å²) in [5, 5.41) is 23.9. The Kier molecular flexibility index (Phi) is 36.2. The molecule has 0 heterocycles. The molecule has 0 radical (unpaired) electrons. The van der Waals surface area contributed by atoms with E-state index in [0.717, 1.165) is 12.5 Å². The summed E-state index contributed by atoms with van der Waals surface area (Å²) in [6, 6.07) is 8.14. The molecule has 4 N–H and O–H groups in total. The standard InChI is InChI=1S/C25H46N4O9Si2.C10H21NO4Si.C6H6N2O2/c1-7-32-39(6,33-8-2)20-12-18-26-24(30)37-28-22-14-16-23(17-15-22)29-38-25(31)27-19-13-21-40(34-9-3,35-10-4)36-11-5;1-4-13-16(14-5-2,15-6-3)9-7-8-11-10-12;9-7-5-1-2-6(8-10)4-3-5/h14-17H,7-13,18-21H2,1-6H3,(H,26,30)(H,27,31);4-9H2,1-3H3;1-4,7,9H. The number of rotatable bonds is 32. The first-order valence-electron chi connectivity index (χ1n) is 22.3. The molecule has 1 aromatic carbocycles.